The van der Waals surface area contributed by atoms with E-state index in [1.165, 1.54) is 13.2 Å². The number of methoxy groups -OCH3 is 1. The van der Waals surface area contributed by atoms with Crippen LogP contribution in [0.3, 0.4) is 0 Å². The molecule has 3 rings (SSSR count). The van der Waals surface area contributed by atoms with Gasteiger partial charge in [-0.15, -0.1) is 0 Å². The molecule has 5 nitrogen and oxygen atoms in total. The molecule has 2 atom stereocenters. The first-order chi connectivity index (χ1) is 9.19. The molecule has 2 aliphatic heterocycles. The number of rotatable bonds is 2. The average molecular weight is 262 g/mol. The van der Waals surface area contributed by atoms with Crippen molar-refractivity contribution in [3.63, 3.8) is 0 Å². The Labute approximate surface area is 112 Å². The van der Waals surface area contributed by atoms with Crippen molar-refractivity contribution in [2.24, 2.45) is 11.8 Å². The minimum Gasteiger partial charge on any atom is -0.507 e. The molecular weight excluding hydrogens is 244 g/mol. The third-order valence-electron chi connectivity index (χ3n) is 4.11. The monoisotopic (exact) mass is 262 g/mol. The van der Waals surface area contributed by atoms with E-state index in [4.69, 9.17) is 4.74 Å². The highest BCUT2D eigenvalue weighted by molar-refractivity contribution is 5.97. The Hall–Kier alpha value is -1.75. The fourth-order valence-electron chi connectivity index (χ4n) is 3.01. The van der Waals surface area contributed by atoms with E-state index in [9.17, 15) is 9.90 Å². The number of hydrogen-bond donors (Lipinski definition) is 2. The SMILES string of the molecule is COc1ccc(C(=O)N2C[C@H]3CNC[C@H]3C2)c(O)c1. The largest absolute Gasteiger partial charge is 0.507 e. The van der Waals surface area contributed by atoms with E-state index in [0.717, 1.165) is 26.2 Å². The molecular formula is C14H18N2O3. The minimum atomic E-state index is -0.0884. The number of amides is 1. The molecule has 0 aliphatic carbocycles. The molecule has 0 bridgehead atoms. The quantitative estimate of drug-likeness (QED) is 0.823. The summed E-state index contributed by atoms with van der Waals surface area (Å²) in [6.07, 6.45) is 0. The molecule has 102 valence electrons. The van der Waals surface area contributed by atoms with Gasteiger partial charge in [0, 0.05) is 32.2 Å². The standard InChI is InChI=1S/C14H18N2O3/c1-19-11-2-3-12(13(17)4-11)14(18)16-7-9-5-15-6-10(9)8-16/h2-4,9-10,15,17H,5-8H2,1H3/t9-,10+. The molecule has 2 heterocycles. The van der Waals surface area contributed by atoms with Gasteiger partial charge in [-0.25, -0.2) is 0 Å². The van der Waals surface area contributed by atoms with Gasteiger partial charge in [-0.3, -0.25) is 4.79 Å². The summed E-state index contributed by atoms with van der Waals surface area (Å²) >= 11 is 0. The van der Waals surface area contributed by atoms with Gasteiger partial charge in [-0.05, 0) is 24.0 Å². The van der Waals surface area contributed by atoms with Crippen LogP contribution in [0.2, 0.25) is 0 Å². The van der Waals surface area contributed by atoms with Gasteiger partial charge in [0.05, 0.1) is 12.7 Å². The van der Waals surface area contributed by atoms with E-state index in [1.807, 2.05) is 4.90 Å². The highest BCUT2D eigenvalue weighted by atomic mass is 16.5. The van der Waals surface area contributed by atoms with Crippen molar-refractivity contribution < 1.29 is 14.6 Å². The van der Waals surface area contributed by atoms with Crippen molar-refractivity contribution in [2.45, 2.75) is 0 Å². The van der Waals surface area contributed by atoms with Crippen LogP contribution >= 0.6 is 0 Å². The van der Waals surface area contributed by atoms with Gasteiger partial charge in [0.2, 0.25) is 0 Å². The van der Waals surface area contributed by atoms with Gasteiger partial charge < -0.3 is 20.1 Å². The van der Waals surface area contributed by atoms with E-state index in [-0.39, 0.29) is 11.7 Å². The van der Waals surface area contributed by atoms with Gasteiger partial charge in [0.15, 0.2) is 0 Å². The van der Waals surface area contributed by atoms with Crippen LogP contribution in [-0.2, 0) is 0 Å². The number of nitrogens with zero attached hydrogens (tertiary/aromatic N) is 1. The molecule has 0 saturated carbocycles. The van der Waals surface area contributed by atoms with Crippen LogP contribution < -0.4 is 10.1 Å². The third kappa shape index (κ3) is 2.14. The maximum absolute atomic E-state index is 12.4. The molecule has 0 radical (unpaired) electrons. The Morgan fingerprint density at radius 3 is 2.63 bits per heavy atom. The summed E-state index contributed by atoms with van der Waals surface area (Å²) in [5, 5.41) is 13.3. The second kappa shape index (κ2) is 4.74. The molecule has 2 saturated heterocycles. The zero-order chi connectivity index (χ0) is 13.4. The van der Waals surface area contributed by atoms with E-state index >= 15 is 0 Å². The van der Waals surface area contributed by atoms with Crippen molar-refractivity contribution in [3.8, 4) is 11.5 Å². The van der Waals surface area contributed by atoms with Crippen LogP contribution in [0, 0.1) is 11.8 Å². The van der Waals surface area contributed by atoms with E-state index in [2.05, 4.69) is 5.32 Å². The topological polar surface area (TPSA) is 61.8 Å². The first kappa shape index (κ1) is 12.3. The molecule has 2 aliphatic rings. The summed E-state index contributed by atoms with van der Waals surface area (Å²) in [5.74, 6) is 1.57. The van der Waals surface area contributed by atoms with Crippen LogP contribution in [-0.4, -0.2) is 49.2 Å². The van der Waals surface area contributed by atoms with E-state index < -0.39 is 0 Å². The number of nitrogens with one attached hydrogen (secondary N) is 1. The molecule has 0 spiro atoms. The molecule has 19 heavy (non-hydrogen) atoms. The molecule has 2 N–H and O–H groups in total. The number of aromatic hydroxyl groups is 1. The van der Waals surface area contributed by atoms with Crippen molar-refractivity contribution in [3.05, 3.63) is 23.8 Å². The van der Waals surface area contributed by atoms with Crippen LogP contribution in [0.25, 0.3) is 0 Å². The molecule has 1 aromatic rings. The number of ether oxygens (including phenoxy) is 1. The summed E-state index contributed by atoms with van der Waals surface area (Å²) < 4.78 is 5.02. The van der Waals surface area contributed by atoms with Crippen molar-refractivity contribution >= 4 is 5.91 Å². The first-order valence-corrected chi connectivity index (χ1v) is 6.56. The molecule has 0 unspecified atom stereocenters. The Bertz CT molecular complexity index is 491. The lowest BCUT2D eigenvalue weighted by Gasteiger charge is -2.18. The van der Waals surface area contributed by atoms with Crippen molar-refractivity contribution in [1.29, 1.82) is 0 Å². The number of likely N-dealkylation sites (tertiary alicyclic amines) is 1. The van der Waals surface area contributed by atoms with Crippen LogP contribution in [0.4, 0.5) is 0 Å². The summed E-state index contributed by atoms with van der Waals surface area (Å²) in [6, 6.07) is 4.81. The Balaban J connectivity index is 1.77. The predicted octanol–water partition coefficient (Wildman–Crippen LogP) is 0.692. The van der Waals surface area contributed by atoms with Gasteiger partial charge in [0.25, 0.3) is 5.91 Å². The lowest BCUT2D eigenvalue weighted by Crippen LogP contribution is -2.31. The number of carbonyl (C=O) groups excluding carboxylic acids is 1. The van der Waals surface area contributed by atoms with Crippen molar-refractivity contribution in [1.82, 2.24) is 10.2 Å². The maximum Gasteiger partial charge on any atom is 0.257 e. The van der Waals surface area contributed by atoms with Crippen molar-refractivity contribution in [2.75, 3.05) is 33.3 Å². The van der Waals surface area contributed by atoms with E-state index in [0.29, 0.717) is 23.1 Å². The Morgan fingerprint density at radius 2 is 2.05 bits per heavy atom. The van der Waals surface area contributed by atoms with Crippen LogP contribution in [0.15, 0.2) is 18.2 Å². The second-order valence-corrected chi connectivity index (χ2v) is 5.27. The first-order valence-electron chi connectivity index (χ1n) is 6.56. The average Bonchev–Trinajstić information content (AvgIpc) is 2.98. The van der Waals surface area contributed by atoms with E-state index in [1.54, 1.807) is 12.1 Å². The second-order valence-electron chi connectivity index (χ2n) is 5.27. The number of carbonyl (C=O) groups is 1. The zero-order valence-corrected chi connectivity index (χ0v) is 10.9. The molecule has 1 aromatic carbocycles. The van der Waals surface area contributed by atoms with Gasteiger partial charge in [0.1, 0.15) is 11.5 Å². The molecule has 2 fully saturated rings. The Morgan fingerprint density at radius 1 is 1.37 bits per heavy atom. The number of hydrogen-bond acceptors (Lipinski definition) is 4. The Kier molecular flexibility index (Phi) is 3.06. The lowest BCUT2D eigenvalue weighted by atomic mass is 10.0. The number of fused-ring (bicyclic) bond motifs is 1. The molecule has 1 amide bonds. The fourth-order valence-corrected chi connectivity index (χ4v) is 3.01. The number of phenols is 1. The zero-order valence-electron chi connectivity index (χ0n) is 10.9. The lowest BCUT2D eigenvalue weighted by molar-refractivity contribution is 0.0778. The van der Waals surface area contributed by atoms with Crippen LogP contribution in [0.1, 0.15) is 10.4 Å². The van der Waals surface area contributed by atoms with Gasteiger partial charge in [-0.2, -0.15) is 0 Å². The number of phenolic OH excluding ortho intramolecular Hbond substituents is 1. The number of benzene rings is 1. The summed E-state index contributed by atoms with van der Waals surface area (Å²) in [5.41, 5.74) is 0.355. The summed E-state index contributed by atoms with van der Waals surface area (Å²) in [4.78, 5) is 14.2. The predicted molar refractivity (Wildman–Crippen MR) is 70.4 cm³/mol. The van der Waals surface area contributed by atoms with Gasteiger partial charge >= 0.3 is 0 Å². The normalized spacial score (nSPS) is 25.4. The summed E-state index contributed by atoms with van der Waals surface area (Å²) in [6.45, 7) is 3.54. The maximum atomic E-state index is 12.4. The highest BCUT2D eigenvalue weighted by Crippen LogP contribution is 2.30. The molecule has 0 aromatic heterocycles. The smallest absolute Gasteiger partial charge is 0.257 e. The molecule has 5 heteroatoms. The van der Waals surface area contributed by atoms with Crippen LogP contribution in [0.5, 0.6) is 11.5 Å². The highest BCUT2D eigenvalue weighted by Gasteiger charge is 2.38. The fraction of sp³-hybridized carbons (Fsp3) is 0.500. The van der Waals surface area contributed by atoms with Gasteiger partial charge in [-0.1, -0.05) is 0 Å². The summed E-state index contributed by atoms with van der Waals surface area (Å²) in [7, 11) is 1.53. The third-order valence-corrected chi connectivity index (χ3v) is 4.11. The minimum absolute atomic E-state index is 0.0143.